The molecule has 0 N–H and O–H groups in total. The molecule has 0 atom stereocenters. The van der Waals surface area contributed by atoms with Crippen LogP contribution in [0.1, 0.15) is 50.7 Å². The third kappa shape index (κ3) is 5.41. The third-order valence-corrected chi connectivity index (χ3v) is 6.97. The van der Waals surface area contributed by atoms with Crippen LogP contribution in [0.25, 0.3) is 22.1 Å². The number of hydrogen-bond acceptors (Lipinski definition) is 5. The molecule has 6 nitrogen and oxygen atoms in total. The number of carbonyl (C=O) groups is 1. The maximum absolute atomic E-state index is 12.5. The molecule has 0 bridgehead atoms. The number of carbonyl (C=O) groups excluding carboxylic acids is 1. The highest BCUT2D eigenvalue weighted by molar-refractivity contribution is 7.99. The molecule has 0 saturated heterocycles. The minimum Gasteiger partial charge on any atom is -0.343 e. The first-order valence-corrected chi connectivity index (χ1v) is 13.2. The highest BCUT2D eigenvalue weighted by Crippen LogP contribution is 2.28. The van der Waals surface area contributed by atoms with E-state index < -0.39 is 0 Å². The van der Waals surface area contributed by atoms with Gasteiger partial charge in [-0.05, 0) is 43.4 Å². The van der Waals surface area contributed by atoms with E-state index in [0.717, 1.165) is 66.7 Å². The van der Waals surface area contributed by atoms with E-state index in [-0.39, 0.29) is 5.91 Å². The molecule has 2 heterocycles. The van der Waals surface area contributed by atoms with Gasteiger partial charge in [0.05, 0.1) is 5.52 Å². The number of benzene rings is 2. The van der Waals surface area contributed by atoms with Crippen LogP contribution in [0.15, 0.2) is 53.7 Å². The summed E-state index contributed by atoms with van der Waals surface area (Å²) in [5, 5.41) is 10.7. The number of rotatable bonds is 11. The first-order chi connectivity index (χ1) is 16.6. The van der Waals surface area contributed by atoms with E-state index in [0.29, 0.717) is 11.6 Å². The van der Waals surface area contributed by atoms with E-state index in [2.05, 4.69) is 78.0 Å². The normalized spacial score (nSPS) is 11.4. The summed E-state index contributed by atoms with van der Waals surface area (Å²) in [5.74, 6) is 1.04. The Morgan fingerprint density at radius 3 is 2.50 bits per heavy atom. The summed E-state index contributed by atoms with van der Waals surface area (Å²) in [5.41, 5.74) is 5.32. The van der Waals surface area contributed by atoms with Gasteiger partial charge < -0.3 is 9.47 Å². The fourth-order valence-corrected chi connectivity index (χ4v) is 5.04. The van der Waals surface area contributed by atoms with Crippen LogP contribution >= 0.6 is 11.8 Å². The predicted octanol–water partition coefficient (Wildman–Crippen LogP) is 5.86. The molecule has 0 radical (unpaired) electrons. The number of aromatic nitrogens is 4. The van der Waals surface area contributed by atoms with Gasteiger partial charge in [-0.1, -0.05) is 68.1 Å². The van der Waals surface area contributed by atoms with E-state index in [1.807, 2.05) is 11.0 Å². The maximum atomic E-state index is 12.5. The molecule has 0 unspecified atom stereocenters. The van der Waals surface area contributed by atoms with Gasteiger partial charge in [0.1, 0.15) is 5.52 Å². The van der Waals surface area contributed by atoms with Crippen molar-refractivity contribution in [2.75, 3.05) is 18.8 Å². The summed E-state index contributed by atoms with van der Waals surface area (Å²) in [6.45, 7) is 8.79. The fraction of sp³-hybridized carbons (Fsp3) is 0.407. The second-order valence-electron chi connectivity index (χ2n) is 8.63. The zero-order valence-corrected chi connectivity index (χ0v) is 21.1. The van der Waals surface area contributed by atoms with Gasteiger partial charge in [-0.15, -0.1) is 10.2 Å². The van der Waals surface area contributed by atoms with Crippen LogP contribution in [0, 0.1) is 6.92 Å². The highest BCUT2D eigenvalue weighted by atomic mass is 32.2. The third-order valence-electron chi connectivity index (χ3n) is 6.05. The van der Waals surface area contributed by atoms with Crippen molar-refractivity contribution in [3.8, 4) is 0 Å². The Bertz CT molecular complexity index is 1260. The molecule has 7 heteroatoms. The van der Waals surface area contributed by atoms with E-state index in [4.69, 9.17) is 4.98 Å². The van der Waals surface area contributed by atoms with Crippen molar-refractivity contribution in [3.05, 3.63) is 59.7 Å². The van der Waals surface area contributed by atoms with Gasteiger partial charge in [0.2, 0.25) is 11.1 Å². The van der Waals surface area contributed by atoms with Gasteiger partial charge in [-0.2, -0.15) is 0 Å². The molecule has 1 amide bonds. The SMILES string of the molecule is CCCN(CCC)C(=O)CCCSc1nnc2c3ccccc3n(Cc3ccccc3C)c2n1. The molecule has 2 aromatic heterocycles. The standard InChI is InChI=1S/C27H33N5OS/c1-4-16-31(17-5-2)24(33)15-10-18-34-27-28-26-25(29-30-27)22-13-8-9-14-23(22)32(26)19-21-12-7-6-11-20(21)3/h6-9,11-14H,4-5,10,15-19H2,1-3H3. The van der Waals surface area contributed by atoms with Crippen molar-refractivity contribution in [1.82, 2.24) is 24.6 Å². The lowest BCUT2D eigenvalue weighted by atomic mass is 10.1. The minimum atomic E-state index is 0.247. The summed E-state index contributed by atoms with van der Waals surface area (Å²) >= 11 is 1.57. The number of thioether (sulfide) groups is 1. The summed E-state index contributed by atoms with van der Waals surface area (Å²) in [6, 6.07) is 16.7. The van der Waals surface area contributed by atoms with Crippen LogP contribution in [0.5, 0.6) is 0 Å². The Balaban J connectivity index is 1.51. The summed E-state index contributed by atoms with van der Waals surface area (Å²) in [7, 11) is 0. The molecular weight excluding hydrogens is 442 g/mol. The Kier molecular flexibility index (Phi) is 8.16. The number of aryl methyl sites for hydroxylation is 1. The van der Waals surface area contributed by atoms with E-state index in [1.54, 1.807) is 11.8 Å². The Labute approximate surface area is 205 Å². The largest absolute Gasteiger partial charge is 0.343 e. The fourth-order valence-electron chi connectivity index (χ4n) is 4.31. The summed E-state index contributed by atoms with van der Waals surface area (Å²) < 4.78 is 2.24. The average Bonchev–Trinajstić information content (AvgIpc) is 3.16. The van der Waals surface area contributed by atoms with Crippen LogP contribution < -0.4 is 0 Å². The Morgan fingerprint density at radius 2 is 1.74 bits per heavy atom. The zero-order chi connectivity index (χ0) is 23.9. The Morgan fingerprint density at radius 1 is 1.00 bits per heavy atom. The highest BCUT2D eigenvalue weighted by Gasteiger charge is 2.16. The molecular formula is C27H33N5OS. The molecule has 4 aromatic rings. The number of nitrogens with zero attached hydrogens (tertiary/aromatic N) is 5. The lowest BCUT2D eigenvalue weighted by Crippen LogP contribution is -2.32. The lowest BCUT2D eigenvalue weighted by molar-refractivity contribution is -0.131. The van der Waals surface area contributed by atoms with Gasteiger partial charge in [0.25, 0.3) is 0 Å². The van der Waals surface area contributed by atoms with Crippen LogP contribution in [0.3, 0.4) is 0 Å². The monoisotopic (exact) mass is 475 g/mol. The topological polar surface area (TPSA) is 63.9 Å². The smallest absolute Gasteiger partial charge is 0.222 e. The molecule has 0 aliphatic carbocycles. The minimum absolute atomic E-state index is 0.247. The molecule has 0 saturated carbocycles. The Hall–Kier alpha value is -2.93. The first kappa shape index (κ1) is 24.2. The molecule has 4 rings (SSSR count). The van der Waals surface area contributed by atoms with Gasteiger partial charge in [0, 0.05) is 37.2 Å². The number of amides is 1. The summed E-state index contributed by atoms with van der Waals surface area (Å²) in [4.78, 5) is 19.4. The predicted molar refractivity (Wildman–Crippen MR) is 140 cm³/mol. The number of fused-ring (bicyclic) bond motifs is 3. The van der Waals surface area contributed by atoms with Crippen molar-refractivity contribution < 1.29 is 4.79 Å². The van der Waals surface area contributed by atoms with Crippen LogP contribution in [-0.4, -0.2) is 49.4 Å². The van der Waals surface area contributed by atoms with Crippen LogP contribution in [0.4, 0.5) is 0 Å². The second kappa shape index (κ2) is 11.5. The maximum Gasteiger partial charge on any atom is 0.222 e. The van der Waals surface area contributed by atoms with Gasteiger partial charge in [0.15, 0.2) is 5.65 Å². The van der Waals surface area contributed by atoms with Crippen molar-refractivity contribution in [1.29, 1.82) is 0 Å². The van der Waals surface area contributed by atoms with Crippen molar-refractivity contribution >= 4 is 39.7 Å². The first-order valence-electron chi connectivity index (χ1n) is 12.2. The summed E-state index contributed by atoms with van der Waals surface area (Å²) in [6.07, 6.45) is 3.37. The van der Waals surface area contributed by atoms with E-state index in [1.165, 1.54) is 11.1 Å². The zero-order valence-electron chi connectivity index (χ0n) is 20.3. The molecule has 178 valence electrons. The van der Waals surface area contributed by atoms with Crippen molar-refractivity contribution in [2.45, 2.75) is 58.2 Å². The molecule has 0 spiro atoms. The van der Waals surface area contributed by atoms with Crippen LogP contribution in [0.2, 0.25) is 0 Å². The van der Waals surface area contributed by atoms with Crippen LogP contribution in [-0.2, 0) is 11.3 Å². The molecule has 34 heavy (non-hydrogen) atoms. The van der Waals surface area contributed by atoms with Gasteiger partial charge >= 0.3 is 0 Å². The molecule has 0 aliphatic heterocycles. The van der Waals surface area contributed by atoms with Crippen molar-refractivity contribution in [2.24, 2.45) is 0 Å². The van der Waals surface area contributed by atoms with E-state index in [9.17, 15) is 4.79 Å². The number of para-hydroxylation sites is 1. The van der Waals surface area contributed by atoms with Crippen molar-refractivity contribution in [3.63, 3.8) is 0 Å². The second-order valence-corrected chi connectivity index (χ2v) is 9.69. The van der Waals surface area contributed by atoms with E-state index >= 15 is 0 Å². The lowest BCUT2D eigenvalue weighted by Gasteiger charge is -2.21. The van der Waals surface area contributed by atoms with Gasteiger partial charge in [-0.25, -0.2) is 4.98 Å². The molecule has 0 fully saturated rings. The quantitative estimate of drug-likeness (QED) is 0.201. The van der Waals surface area contributed by atoms with Gasteiger partial charge in [-0.3, -0.25) is 4.79 Å². The number of hydrogen-bond donors (Lipinski definition) is 0. The molecule has 0 aliphatic rings. The average molecular weight is 476 g/mol. The molecule has 2 aromatic carbocycles.